The van der Waals surface area contributed by atoms with Crippen molar-refractivity contribution in [2.45, 2.75) is 284 Å². The van der Waals surface area contributed by atoms with Gasteiger partial charge in [-0.1, -0.05) is 287 Å². The Bertz CT molecular complexity index is 1890. The Balaban J connectivity index is 4.39. The highest BCUT2D eigenvalue weighted by Gasteiger charge is 2.19. The highest BCUT2D eigenvalue weighted by Crippen LogP contribution is 2.14. The van der Waals surface area contributed by atoms with Crippen LogP contribution < -0.4 is 0 Å². The summed E-state index contributed by atoms with van der Waals surface area (Å²) in [5.74, 6) is -1.02. The lowest BCUT2D eigenvalue weighted by Crippen LogP contribution is -2.30. The Morgan fingerprint density at radius 3 is 0.807 bits per heavy atom. The lowest BCUT2D eigenvalue weighted by atomic mass is 10.1. The summed E-state index contributed by atoms with van der Waals surface area (Å²) in [6.07, 6.45) is 102. The number of rotatable bonds is 59. The molecule has 0 saturated heterocycles. The Morgan fingerprint density at radius 2 is 0.494 bits per heavy atom. The number of carbonyl (C=O) groups is 3. The molecule has 0 heterocycles. The molecule has 0 amide bonds. The zero-order valence-electron chi connectivity index (χ0n) is 53.4. The largest absolute Gasteiger partial charge is 0.462 e. The molecular weight excluding hydrogens is 1020 g/mol. The van der Waals surface area contributed by atoms with Gasteiger partial charge >= 0.3 is 17.9 Å². The van der Waals surface area contributed by atoms with E-state index in [4.69, 9.17) is 14.2 Å². The number of unbranched alkanes of at least 4 members (excludes halogenated alkanes) is 20. The maximum Gasteiger partial charge on any atom is 0.306 e. The van der Waals surface area contributed by atoms with Gasteiger partial charge < -0.3 is 14.2 Å². The summed E-state index contributed by atoms with van der Waals surface area (Å²) >= 11 is 0. The molecule has 0 aliphatic heterocycles. The van der Waals surface area contributed by atoms with E-state index < -0.39 is 6.10 Å². The number of esters is 3. The maximum absolute atomic E-state index is 12.9. The van der Waals surface area contributed by atoms with Crippen LogP contribution in [-0.2, 0) is 28.6 Å². The van der Waals surface area contributed by atoms with E-state index in [1.165, 1.54) is 89.9 Å². The fraction of sp³-hybridized carbons (Fsp3) is 0.597. The van der Waals surface area contributed by atoms with Crippen LogP contribution in [-0.4, -0.2) is 37.2 Å². The Labute approximate surface area is 511 Å². The van der Waals surface area contributed by atoms with Gasteiger partial charge in [-0.05, 0) is 141 Å². The Morgan fingerprint density at radius 1 is 0.253 bits per heavy atom. The third kappa shape index (κ3) is 67.4. The predicted molar refractivity (Wildman–Crippen MR) is 361 cm³/mol. The second-order valence-electron chi connectivity index (χ2n) is 21.6. The summed E-state index contributed by atoms with van der Waals surface area (Å²) in [4.78, 5) is 38.3. The molecule has 6 heteroatoms. The van der Waals surface area contributed by atoms with Crippen LogP contribution in [0.15, 0.2) is 170 Å². The summed E-state index contributed by atoms with van der Waals surface area (Å²) in [7, 11) is 0. The molecular formula is C77H122O6. The first-order valence-electron chi connectivity index (χ1n) is 33.6. The third-order valence-electron chi connectivity index (χ3n) is 13.7. The first kappa shape index (κ1) is 77.8. The average Bonchev–Trinajstić information content (AvgIpc) is 3.49. The standard InChI is InChI=1S/C77H122O6/c1-4-7-10-13-16-19-22-25-27-29-31-33-34-35-36-37-38-39-40-41-42-44-45-47-49-52-55-58-61-64-67-70-76(79)82-73-74(72-81-75(78)69-66-63-60-57-54-51-24-21-18-15-12-9-6-3)83-77(80)71-68-65-62-59-56-53-50-48-46-43-32-30-28-26-23-20-17-14-11-8-5-2/h7,9-10,12,16,18-19,21,23,25-27,30-33,35-36,38-39,41-42,46,48,51,54,60,63,74H,4-6,8,11,13-15,17,20,22,24,28-29,34,37,40,43-45,47,49-50,52-53,55-59,61-62,64-73H2,1-3H3/b10-7-,12-9-,19-16-,21-18-,26-23-,27-25-,32-30-,33-31-,36-35-,39-38-,42-41-,48-46-,54-51-,63-60-. The molecule has 6 nitrogen and oxygen atoms in total. The molecule has 0 saturated carbocycles. The minimum Gasteiger partial charge on any atom is -0.462 e. The van der Waals surface area contributed by atoms with Crippen LogP contribution in [0.4, 0.5) is 0 Å². The molecule has 0 aliphatic carbocycles. The monoisotopic (exact) mass is 1140 g/mol. The topological polar surface area (TPSA) is 78.9 Å². The third-order valence-corrected chi connectivity index (χ3v) is 13.7. The molecule has 0 spiro atoms. The van der Waals surface area contributed by atoms with E-state index in [1.807, 2.05) is 6.08 Å². The van der Waals surface area contributed by atoms with E-state index in [-0.39, 0.29) is 37.5 Å². The lowest BCUT2D eigenvalue weighted by Gasteiger charge is -2.18. The summed E-state index contributed by atoms with van der Waals surface area (Å²) < 4.78 is 16.8. The van der Waals surface area contributed by atoms with Gasteiger partial charge in [0.25, 0.3) is 0 Å². The average molecular weight is 1140 g/mol. The van der Waals surface area contributed by atoms with Gasteiger partial charge in [-0.2, -0.15) is 0 Å². The molecule has 83 heavy (non-hydrogen) atoms. The molecule has 1 unspecified atom stereocenters. The molecule has 0 aliphatic rings. The maximum atomic E-state index is 12.9. The second-order valence-corrected chi connectivity index (χ2v) is 21.6. The van der Waals surface area contributed by atoms with E-state index in [0.717, 1.165) is 141 Å². The number of allylic oxidation sites excluding steroid dienone is 28. The van der Waals surface area contributed by atoms with Crippen molar-refractivity contribution in [3.63, 3.8) is 0 Å². The highest BCUT2D eigenvalue weighted by atomic mass is 16.6. The number of hydrogen-bond acceptors (Lipinski definition) is 6. The van der Waals surface area contributed by atoms with Crippen molar-refractivity contribution < 1.29 is 28.6 Å². The van der Waals surface area contributed by atoms with Crippen molar-refractivity contribution in [2.75, 3.05) is 13.2 Å². The van der Waals surface area contributed by atoms with Gasteiger partial charge in [-0.15, -0.1) is 0 Å². The fourth-order valence-corrected chi connectivity index (χ4v) is 8.74. The second kappa shape index (κ2) is 69.3. The molecule has 1 atom stereocenters. The molecule has 466 valence electrons. The van der Waals surface area contributed by atoms with Gasteiger partial charge in [-0.25, -0.2) is 0 Å². The molecule has 0 N–H and O–H groups in total. The molecule has 0 radical (unpaired) electrons. The minimum absolute atomic E-state index is 0.116. The summed E-state index contributed by atoms with van der Waals surface area (Å²) in [6, 6.07) is 0. The van der Waals surface area contributed by atoms with Gasteiger partial charge in [0.1, 0.15) is 13.2 Å². The summed E-state index contributed by atoms with van der Waals surface area (Å²) in [5, 5.41) is 0. The zero-order chi connectivity index (χ0) is 59.9. The van der Waals surface area contributed by atoms with Gasteiger partial charge in [0.15, 0.2) is 6.10 Å². The lowest BCUT2D eigenvalue weighted by molar-refractivity contribution is -0.166. The van der Waals surface area contributed by atoms with Gasteiger partial charge in [0, 0.05) is 19.3 Å². The van der Waals surface area contributed by atoms with Crippen molar-refractivity contribution >= 4 is 17.9 Å². The normalized spacial score (nSPS) is 13.2. The fourth-order valence-electron chi connectivity index (χ4n) is 8.74. The smallest absolute Gasteiger partial charge is 0.306 e. The van der Waals surface area contributed by atoms with Crippen LogP contribution in [0.2, 0.25) is 0 Å². The first-order valence-corrected chi connectivity index (χ1v) is 33.6. The molecule has 0 aromatic heterocycles. The van der Waals surface area contributed by atoms with Gasteiger partial charge in [0.05, 0.1) is 0 Å². The number of hydrogen-bond donors (Lipinski definition) is 0. The van der Waals surface area contributed by atoms with Crippen LogP contribution >= 0.6 is 0 Å². The van der Waals surface area contributed by atoms with Crippen molar-refractivity contribution in [2.24, 2.45) is 0 Å². The van der Waals surface area contributed by atoms with E-state index in [9.17, 15) is 14.4 Å². The van der Waals surface area contributed by atoms with Crippen LogP contribution in [0.1, 0.15) is 278 Å². The molecule has 0 bridgehead atoms. The predicted octanol–water partition coefficient (Wildman–Crippen LogP) is 23.4. The zero-order valence-corrected chi connectivity index (χ0v) is 53.4. The number of carbonyl (C=O) groups excluding carboxylic acids is 3. The summed E-state index contributed by atoms with van der Waals surface area (Å²) in [6.45, 7) is 6.32. The van der Waals surface area contributed by atoms with Crippen molar-refractivity contribution in [1.82, 2.24) is 0 Å². The van der Waals surface area contributed by atoms with Crippen LogP contribution in [0, 0.1) is 0 Å². The molecule has 0 aromatic carbocycles. The van der Waals surface area contributed by atoms with Crippen LogP contribution in [0.25, 0.3) is 0 Å². The molecule has 0 aromatic rings. The van der Waals surface area contributed by atoms with E-state index in [2.05, 4.69) is 185 Å². The van der Waals surface area contributed by atoms with Crippen molar-refractivity contribution in [1.29, 1.82) is 0 Å². The SMILES string of the molecule is CC/C=C\C/C=C\C/C=C\C/C=C\C/C=C\C/C=C\C/C=C\CCCCCCCCCCCC(=O)OCC(COC(=O)CC/C=C\C/C=C\C/C=C\C/C=C\CC)OC(=O)CCCCCCCC/C=C\C/C=C\C/C=C\CCCCCCC. The van der Waals surface area contributed by atoms with Crippen molar-refractivity contribution in [3.05, 3.63) is 170 Å². The van der Waals surface area contributed by atoms with Gasteiger partial charge in [0.2, 0.25) is 0 Å². The Kier molecular flexibility index (Phi) is 64.9. The van der Waals surface area contributed by atoms with E-state index in [0.29, 0.717) is 19.3 Å². The molecule has 0 fully saturated rings. The van der Waals surface area contributed by atoms with Crippen LogP contribution in [0.5, 0.6) is 0 Å². The minimum atomic E-state index is -0.826. The summed E-state index contributed by atoms with van der Waals surface area (Å²) in [5.41, 5.74) is 0. The van der Waals surface area contributed by atoms with E-state index >= 15 is 0 Å². The quantitative estimate of drug-likeness (QED) is 0.0261. The van der Waals surface area contributed by atoms with Crippen LogP contribution in [0.3, 0.4) is 0 Å². The first-order chi connectivity index (χ1) is 41.0. The number of ether oxygens (including phenoxy) is 3. The highest BCUT2D eigenvalue weighted by molar-refractivity contribution is 5.71. The Hall–Kier alpha value is -5.23. The van der Waals surface area contributed by atoms with Gasteiger partial charge in [-0.3, -0.25) is 14.4 Å². The molecule has 0 rings (SSSR count). The van der Waals surface area contributed by atoms with Crippen molar-refractivity contribution in [3.8, 4) is 0 Å². The van der Waals surface area contributed by atoms with E-state index in [1.54, 1.807) is 0 Å².